The van der Waals surface area contributed by atoms with Crippen LogP contribution in [0.3, 0.4) is 0 Å². The number of aromatic nitrogens is 2. The van der Waals surface area contributed by atoms with E-state index in [1.807, 2.05) is 4.57 Å². The van der Waals surface area contributed by atoms with Gasteiger partial charge in [-0.1, -0.05) is 24.9 Å². The molecule has 5 nitrogen and oxygen atoms in total. The van der Waals surface area contributed by atoms with E-state index in [0.29, 0.717) is 24.1 Å². The van der Waals surface area contributed by atoms with Crippen molar-refractivity contribution in [2.75, 3.05) is 31.2 Å². The molecule has 1 aliphatic rings. The fourth-order valence-corrected chi connectivity index (χ4v) is 2.30. The van der Waals surface area contributed by atoms with Crippen LogP contribution in [0.25, 0.3) is 0 Å². The predicted molar refractivity (Wildman–Crippen MR) is 70.6 cm³/mol. The molecule has 1 aromatic rings. The molecule has 18 heavy (non-hydrogen) atoms. The summed E-state index contributed by atoms with van der Waals surface area (Å²) in [6.45, 7) is 5.85. The van der Waals surface area contributed by atoms with Crippen LogP contribution in [-0.2, 0) is 11.3 Å². The van der Waals surface area contributed by atoms with Gasteiger partial charge in [-0.05, 0) is 6.42 Å². The third-order valence-corrected chi connectivity index (χ3v) is 3.36. The number of rotatable bonds is 5. The zero-order valence-corrected chi connectivity index (χ0v) is 11.3. The maximum Gasteiger partial charge on any atom is 0.207 e. The molecule has 0 unspecified atom stereocenters. The number of morpholine rings is 1. The van der Waals surface area contributed by atoms with Gasteiger partial charge < -0.3 is 14.2 Å². The molecule has 2 heterocycles. The van der Waals surface area contributed by atoms with Gasteiger partial charge in [0.1, 0.15) is 5.69 Å². The second-order valence-electron chi connectivity index (χ2n) is 4.31. The molecular formula is C12H18ClN3O2. The summed E-state index contributed by atoms with van der Waals surface area (Å²) in [6, 6.07) is 0. The number of carbonyl (C=O) groups excluding carboxylic acids is 1. The number of imidazole rings is 1. The highest BCUT2D eigenvalue weighted by Gasteiger charge is 2.21. The van der Waals surface area contributed by atoms with Crippen LogP contribution in [0.2, 0.25) is 5.15 Å². The van der Waals surface area contributed by atoms with Gasteiger partial charge in [0.15, 0.2) is 11.4 Å². The first-order chi connectivity index (χ1) is 8.77. The smallest absolute Gasteiger partial charge is 0.207 e. The Balaban J connectivity index is 2.29. The van der Waals surface area contributed by atoms with Gasteiger partial charge in [0, 0.05) is 19.6 Å². The molecule has 1 aliphatic heterocycles. The number of halogens is 1. The van der Waals surface area contributed by atoms with Crippen molar-refractivity contribution >= 4 is 23.8 Å². The van der Waals surface area contributed by atoms with E-state index in [1.165, 1.54) is 0 Å². The van der Waals surface area contributed by atoms with Crippen molar-refractivity contribution in [1.82, 2.24) is 9.55 Å². The summed E-state index contributed by atoms with van der Waals surface area (Å²) < 4.78 is 7.25. The van der Waals surface area contributed by atoms with E-state index >= 15 is 0 Å². The van der Waals surface area contributed by atoms with Crippen molar-refractivity contribution in [1.29, 1.82) is 0 Å². The molecule has 0 radical (unpaired) electrons. The van der Waals surface area contributed by atoms with Gasteiger partial charge in [-0.2, -0.15) is 0 Å². The van der Waals surface area contributed by atoms with Crippen molar-refractivity contribution in [3.05, 3.63) is 10.8 Å². The molecule has 1 fully saturated rings. The summed E-state index contributed by atoms with van der Waals surface area (Å²) in [5.74, 6) is 0.791. The molecule has 0 saturated carbocycles. The Morgan fingerprint density at radius 2 is 2.17 bits per heavy atom. The molecule has 1 saturated heterocycles. The average Bonchev–Trinajstić information content (AvgIpc) is 2.73. The molecule has 0 N–H and O–H groups in total. The fourth-order valence-electron chi connectivity index (χ4n) is 2.08. The van der Waals surface area contributed by atoms with Crippen LogP contribution in [0.1, 0.15) is 30.3 Å². The normalized spacial score (nSPS) is 16.0. The van der Waals surface area contributed by atoms with Gasteiger partial charge in [0.05, 0.1) is 13.2 Å². The fraction of sp³-hybridized carbons (Fsp3) is 0.667. The van der Waals surface area contributed by atoms with Gasteiger partial charge in [-0.3, -0.25) is 4.79 Å². The van der Waals surface area contributed by atoms with Crippen molar-refractivity contribution in [2.24, 2.45) is 0 Å². The minimum atomic E-state index is 0.294. The van der Waals surface area contributed by atoms with Crippen LogP contribution in [0.15, 0.2) is 0 Å². The topological polar surface area (TPSA) is 47.4 Å². The number of unbranched alkanes of at least 4 members (excludes halogenated alkanes) is 1. The highest BCUT2D eigenvalue weighted by molar-refractivity contribution is 6.31. The summed E-state index contributed by atoms with van der Waals surface area (Å²) in [7, 11) is 0. The average molecular weight is 272 g/mol. The SMILES string of the molecule is CCCCn1c(N2CCOCC2)nc(Cl)c1C=O. The Hall–Kier alpha value is -1.07. The number of nitrogens with zero attached hydrogens (tertiary/aromatic N) is 3. The summed E-state index contributed by atoms with van der Waals surface area (Å²) in [4.78, 5) is 17.6. The van der Waals surface area contributed by atoms with Crippen molar-refractivity contribution in [3.8, 4) is 0 Å². The number of anilines is 1. The molecule has 0 aliphatic carbocycles. The lowest BCUT2D eigenvalue weighted by Gasteiger charge is -2.28. The first kappa shape index (κ1) is 13.4. The van der Waals surface area contributed by atoms with Gasteiger partial charge in [-0.15, -0.1) is 0 Å². The van der Waals surface area contributed by atoms with E-state index in [9.17, 15) is 4.79 Å². The van der Waals surface area contributed by atoms with Gasteiger partial charge >= 0.3 is 0 Å². The van der Waals surface area contributed by atoms with Crippen LogP contribution in [0, 0.1) is 0 Å². The van der Waals surface area contributed by atoms with Gasteiger partial charge in [0.25, 0.3) is 0 Å². The van der Waals surface area contributed by atoms with Crippen LogP contribution >= 0.6 is 11.6 Å². The number of aldehydes is 1. The number of hydrogen-bond acceptors (Lipinski definition) is 4. The summed E-state index contributed by atoms with van der Waals surface area (Å²) in [5, 5.41) is 0.294. The number of hydrogen-bond donors (Lipinski definition) is 0. The molecule has 0 aromatic carbocycles. The third-order valence-electron chi connectivity index (χ3n) is 3.08. The zero-order chi connectivity index (χ0) is 13.0. The molecule has 6 heteroatoms. The first-order valence-corrected chi connectivity index (χ1v) is 6.69. The number of carbonyl (C=O) groups is 1. The van der Waals surface area contributed by atoms with Crippen LogP contribution in [-0.4, -0.2) is 42.1 Å². The molecule has 0 bridgehead atoms. The zero-order valence-electron chi connectivity index (χ0n) is 10.6. The van der Waals surface area contributed by atoms with E-state index in [2.05, 4.69) is 16.8 Å². The Kier molecular flexibility index (Phi) is 4.60. The van der Waals surface area contributed by atoms with E-state index in [0.717, 1.165) is 44.7 Å². The maximum absolute atomic E-state index is 11.1. The molecule has 0 atom stereocenters. The molecular weight excluding hydrogens is 254 g/mol. The summed E-state index contributed by atoms with van der Waals surface area (Å²) in [5.41, 5.74) is 0.478. The van der Waals surface area contributed by atoms with Crippen LogP contribution in [0.5, 0.6) is 0 Å². The summed E-state index contributed by atoms with van der Waals surface area (Å²) >= 11 is 6.03. The molecule has 2 rings (SSSR count). The van der Waals surface area contributed by atoms with Crippen LogP contribution < -0.4 is 4.90 Å². The van der Waals surface area contributed by atoms with E-state index in [4.69, 9.17) is 16.3 Å². The van der Waals surface area contributed by atoms with Crippen molar-refractivity contribution in [3.63, 3.8) is 0 Å². The maximum atomic E-state index is 11.1. The minimum absolute atomic E-state index is 0.294. The standard InChI is InChI=1S/C12H18ClN3O2/c1-2-3-4-16-10(9-17)11(13)14-12(16)15-5-7-18-8-6-15/h9H,2-8H2,1H3. The minimum Gasteiger partial charge on any atom is -0.378 e. The predicted octanol–water partition coefficient (Wildman–Crippen LogP) is 1.99. The molecule has 0 spiro atoms. The quantitative estimate of drug-likeness (QED) is 0.769. The largest absolute Gasteiger partial charge is 0.378 e. The second kappa shape index (κ2) is 6.20. The first-order valence-electron chi connectivity index (χ1n) is 6.31. The highest BCUT2D eigenvalue weighted by atomic mass is 35.5. The van der Waals surface area contributed by atoms with Crippen LogP contribution in [0.4, 0.5) is 5.95 Å². The summed E-state index contributed by atoms with van der Waals surface area (Å²) in [6.07, 6.45) is 2.86. The van der Waals surface area contributed by atoms with Gasteiger partial charge in [-0.25, -0.2) is 4.98 Å². The second-order valence-corrected chi connectivity index (χ2v) is 4.67. The monoisotopic (exact) mass is 271 g/mol. The Labute approximate surface area is 112 Å². The van der Waals surface area contributed by atoms with Crippen molar-refractivity contribution < 1.29 is 9.53 Å². The van der Waals surface area contributed by atoms with Crippen molar-refractivity contribution in [2.45, 2.75) is 26.3 Å². The molecule has 100 valence electrons. The van der Waals surface area contributed by atoms with E-state index in [1.54, 1.807) is 0 Å². The van der Waals surface area contributed by atoms with E-state index in [-0.39, 0.29) is 0 Å². The lowest BCUT2D eigenvalue weighted by molar-refractivity contribution is 0.111. The lowest BCUT2D eigenvalue weighted by atomic mass is 10.3. The number of ether oxygens (including phenoxy) is 1. The lowest BCUT2D eigenvalue weighted by Crippen LogP contribution is -2.38. The molecule has 0 amide bonds. The van der Waals surface area contributed by atoms with Gasteiger partial charge in [0.2, 0.25) is 5.95 Å². The Morgan fingerprint density at radius 3 is 2.78 bits per heavy atom. The highest BCUT2D eigenvalue weighted by Crippen LogP contribution is 2.23. The Bertz CT molecular complexity index is 414. The van der Waals surface area contributed by atoms with E-state index < -0.39 is 0 Å². The molecule has 1 aromatic heterocycles. The third kappa shape index (κ3) is 2.67. The Morgan fingerprint density at radius 1 is 1.44 bits per heavy atom.